The zero-order chi connectivity index (χ0) is 13.1. The summed E-state index contributed by atoms with van der Waals surface area (Å²) in [7, 11) is 0. The molecule has 0 aliphatic carbocycles. The molecule has 4 nitrogen and oxygen atoms in total. The second kappa shape index (κ2) is 5.42. The summed E-state index contributed by atoms with van der Waals surface area (Å²) in [5.41, 5.74) is -0.0819. The Bertz CT molecular complexity index is 662. The van der Waals surface area contributed by atoms with E-state index in [0.29, 0.717) is 6.42 Å². The van der Waals surface area contributed by atoms with Gasteiger partial charge in [0.05, 0.1) is 0 Å². The predicted molar refractivity (Wildman–Crippen MR) is 71.5 cm³/mol. The monoisotopic (exact) mass is 284 g/mol. The molecule has 0 saturated heterocycles. The molecule has 1 aromatic carbocycles. The van der Waals surface area contributed by atoms with Crippen LogP contribution in [0.2, 0.25) is 10.2 Å². The number of nitrogens with one attached hydrogen (secondary N) is 1. The SMILES string of the molecule is O=c1[nH]c(Cl)c(Cl)c(=O)n1CCc1ccccc1. The number of benzene rings is 1. The lowest BCUT2D eigenvalue weighted by Gasteiger charge is -2.05. The highest BCUT2D eigenvalue weighted by Crippen LogP contribution is 2.11. The number of nitrogens with zero attached hydrogens (tertiary/aromatic N) is 1. The fourth-order valence-corrected chi connectivity index (χ4v) is 1.92. The van der Waals surface area contributed by atoms with E-state index in [4.69, 9.17) is 23.2 Å². The first-order valence-corrected chi connectivity index (χ1v) is 6.07. The van der Waals surface area contributed by atoms with Crippen LogP contribution in [-0.4, -0.2) is 9.55 Å². The lowest BCUT2D eigenvalue weighted by atomic mass is 10.1. The van der Waals surface area contributed by atoms with Crippen molar-refractivity contribution in [2.45, 2.75) is 13.0 Å². The average molecular weight is 285 g/mol. The van der Waals surface area contributed by atoms with Gasteiger partial charge in [0.1, 0.15) is 10.2 Å². The number of aromatic amines is 1. The number of H-pyrrole nitrogens is 1. The highest BCUT2D eigenvalue weighted by atomic mass is 35.5. The zero-order valence-corrected chi connectivity index (χ0v) is 10.8. The molecule has 0 bridgehead atoms. The van der Waals surface area contributed by atoms with E-state index in [1.165, 1.54) is 0 Å². The van der Waals surface area contributed by atoms with Crippen molar-refractivity contribution in [3.63, 3.8) is 0 Å². The van der Waals surface area contributed by atoms with E-state index in [2.05, 4.69) is 4.98 Å². The molecule has 0 radical (unpaired) electrons. The molecular weight excluding hydrogens is 275 g/mol. The van der Waals surface area contributed by atoms with Crippen LogP contribution in [-0.2, 0) is 13.0 Å². The average Bonchev–Trinajstić information content (AvgIpc) is 2.37. The van der Waals surface area contributed by atoms with Gasteiger partial charge in [-0.25, -0.2) is 4.79 Å². The minimum absolute atomic E-state index is 0.123. The van der Waals surface area contributed by atoms with Gasteiger partial charge in [0.2, 0.25) is 0 Å². The minimum atomic E-state index is -0.568. The van der Waals surface area contributed by atoms with Crippen molar-refractivity contribution in [1.82, 2.24) is 9.55 Å². The number of rotatable bonds is 3. The molecule has 0 spiro atoms. The maximum Gasteiger partial charge on any atom is 0.329 e. The van der Waals surface area contributed by atoms with Crippen molar-refractivity contribution in [3.05, 3.63) is 66.9 Å². The third kappa shape index (κ3) is 2.66. The van der Waals surface area contributed by atoms with Crippen molar-refractivity contribution >= 4 is 23.2 Å². The Labute approximate surface area is 113 Å². The zero-order valence-electron chi connectivity index (χ0n) is 9.32. The Kier molecular flexibility index (Phi) is 3.89. The van der Waals surface area contributed by atoms with E-state index in [1.807, 2.05) is 30.3 Å². The number of aromatic nitrogens is 2. The maximum atomic E-state index is 11.8. The molecular formula is C12H10Cl2N2O2. The summed E-state index contributed by atoms with van der Waals surface area (Å²) in [5, 5.41) is -0.285. The van der Waals surface area contributed by atoms with Crippen LogP contribution in [0, 0.1) is 0 Å². The normalized spacial score (nSPS) is 10.6. The lowest BCUT2D eigenvalue weighted by Crippen LogP contribution is -2.36. The molecule has 0 unspecified atom stereocenters. The molecule has 2 aromatic rings. The van der Waals surface area contributed by atoms with Gasteiger partial charge in [-0.05, 0) is 12.0 Å². The Morgan fingerprint density at radius 1 is 1.11 bits per heavy atom. The van der Waals surface area contributed by atoms with E-state index in [-0.39, 0.29) is 16.7 Å². The molecule has 1 aromatic heterocycles. The van der Waals surface area contributed by atoms with Crippen LogP contribution in [0.4, 0.5) is 0 Å². The number of hydrogen-bond acceptors (Lipinski definition) is 2. The van der Waals surface area contributed by atoms with Gasteiger partial charge >= 0.3 is 5.69 Å². The molecule has 1 N–H and O–H groups in total. The molecule has 0 aliphatic rings. The second-order valence-corrected chi connectivity index (χ2v) is 4.51. The van der Waals surface area contributed by atoms with Crippen molar-refractivity contribution in [2.75, 3.05) is 0 Å². The summed E-state index contributed by atoms with van der Waals surface area (Å²) in [5.74, 6) is 0. The first-order chi connectivity index (χ1) is 8.59. The van der Waals surface area contributed by atoms with Crippen LogP contribution < -0.4 is 11.2 Å². The number of halogens is 2. The van der Waals surface area contributed by atoms with E-state index in [9.17, 15) is 9.59 Å². The summed E-state index contributed by atoms with van der Waals surface area (Å²) in [4.78, 5) is 25.7. The van der Waals surface area contributed by atoms with Gasteiger partial charge in [-0.3, -0.25) is 14.3 Å². The highest BCUT2D eigenvalue weighted by Gasteiger charge is 2.10. The first-order valence-electron chi connectivity index (χ1n) is 5.31. The van der Waals surface area contributed by atoms with Gasteiger partial charge in [0.15, 0.2) is 0 Å². The van der Waals surface area contributed by atoms with Crippen LogP contribution >= 0.6 is 23.2 Å². The lowest BCUT2D eigenvalue weighted by molar-refractivity contribution is 0.628. The van der Waals surface area contributed by atoms with Crippen LogP contribution in [0.5, 0.6) is 0 Å². The molecule has 0 aliphatic heterocycles. The molecule has 0 amide bonds. The van der Waals surface area contributed by atoms with Gasteiger partial charge in [0, 0.05) is 6.54 Å². The van der Waals surface area contributed by atoms with E-state index < -0.39 is 11.2 Å². The topological polar surface area (TPSA) is 54.9 Å². The quantitative estimate of drug-likeness (QED) is 0.878. The summed E-state index contributed by atoms with van der Waals surface area (Å²) in [6, 6.07) is 9.56. The van der Waals surface area contributed by atoms with Gasteiger partial charge in [0.25, 0.3) is 5.56 Å². The van der Waals surface area contributed by atoms with Crippen molar-refractivity contribution in [3.8, 4) is 0 Å². The fraction of sp³-hybridized carbons (Fsp3) is 0.167. The smallest absolute Gasteiger partial charge is 0.296 e. The summed E-state index contributed by atoms with van der Waals surface area (Å²) in [6.07, 6.45) is 0.571. The third-order valence-electron chi connectivity index (χ3n) is 2.55. The molecule has 0 fully saturated rings. The minimum Gasteiger partial charge on any atom is -0.296 e. The summed E-state index contributed by atoms with van der Waals surface area (Å²) < 4.78 is 1.04. The van der Waals surface area contributed by atoms with Crippen LogP contribution in [0.15, 0.2) is 39.9 Å². The Morgan fingerprint density at radius 3 is 2.44 bits per heavy atom. The van der Waals surface area contributed by atoms with Gasteiger partial charge < -0.3 is 0 Å². The molecule has 0 saturated carbocycles. The van der Waals surface area contributed by atoms with E-state index in [1.54, 1.807) is 0 Å². The van der Waals surface area contributed by atoms with Crippen LogP contribution in [0.3, 0.4) is 0 Å². The molecule has 18 heavy (non-hydrogen) atoms. The first kappa shape index (κ1) is 12.9. The maximum absolute atomic E-state index is 11.8. The fourth-order valence-electron chi connectivity index (χ4n) is 1.61. The molecule has 2 rings (SSSR count). The number of aryl methyl sites for hydroxylation is 1. The van der Waals surface area contributed by atoms with Crippen LogP contribution in [0.25, 0.3) is 0 Å². The van der Waals surface area contributed by atoms with Gasteiger partial charge in [-0.15, -0.1) is 0 Å². The van der Waals surface area contributed by atoms with Gasteiger partial charge in [-0.2, -0.15) is 0 Å². The molecule has 94 valence electrons. The second-order valence-electron chi connectivity index (χ2n) is 3.75. The summed E-state index contributed by atoms with van der Waals surface area (Å²) in [6.45, 7) is 0.259. The molecule has 1 heterocycles. The highest BCUT2D eigenvalue weighted by molar-refractivity contribution is 6.40. The Morgan fingerprint density at radius 2 is 1.78 bits per heavy atom. The number of hydrogen-bond donors (Lipinski definition) is 1. The van der Waals surface area contributed by atoms with Crippen molar-refractivity contribution in [2.24, 2.45) is 0 Å². The van der Waals surface area contributed by atoms with Crippen molar-refractivity contribution in [1.29, 1.82) is 0 Å². The largest absolute Gasteiger partial charge is 0.329 e. The Balaban J connectivity index is 2.28. The predicted octanol–water partition coefficient (Wildman–Crippen LogP) is 2.09. The third-order valence-corrected chi connectivity index (χ3v) is 3.29. The Hall–Kier alpha value is -1.52. The molecule has 6 heteroatoms. The van der Waals surface area contributed by atoms with E-state index >= 15 is 0 Å². The van der Waals surface area contributed by atoms with Crippen molar-refractivity contribution < 1.29 is 0 Å². The van der Waals surface area contributed by atoms with E-state index in [0.717, 1.165) is 10.1 Å². The standard InChI is InChI=1S/C12H10Cl2N2O2/c13-9-10(14)15-12(18)16(11(9)17)7-6-8-4-2-1-3-5-8/h1-5H,6-7H2,(H,15,18). The van der Waals surface area contributed by atoms with Gasteiger partial charge in [-0.1, -0.05) is 53.5 Å². The van der Waals surface area contributed by atoms with Crippen LogP contribution in [0.1, 0.15) is 5.56 Å². The summed E-state index contributed by atoms with van der Waals surface area (Å²) >= 11 is 11.3. The molecule has 0 atom stereocenters.